The number of hydrogen-bond donors (Lipinski definition) is 2. The number of rotatable bonds is 6. The molecule has 0 aliphatic carbocycles. The Morgan fingerprint density at radius 1 is 1.29 bits per heavy atom. The smallest absolute Gasteiger partial charge is 0.374 e. The van der Waals surface area contributed by atoms with E-state index in [-0.39, 0.29) is 13.0 Å². The first-order valence-corrected chi connectivity index (χ1v) is 7.31. The van der Waals surface area contributed by atoms with Gasteiger partial charge in [0.2, 0.25) is 11.5 Å². The molecule has 2 N–H and O–H groups in total. The monoisotopic (exact) mass is 341 g/mol. The molecule has 0 radical (unpaired) electrons. The third kappa shape index (κ3) is 3.94. The number of aromatic nitrogens is 2. The molecule has 8 heteroatoms. The van der Waals surface area contributed by atoms with E-state index in [4.69, 9.17) is 0 Å². The summed E-state index contributed by atoms with van der Waals surface area (Å²) in [7, 11) is 1.37. The molecular formula is C16H18F3N3O2. The predicted octanol–water partition coefficient (Wildman–Crippen LogP) is 1.92. The standard InChI is InChI=1S/C16H18F3N3O2/c1-22-10-9-21-14(22)15(24,16(17,18)19)7-8-20-13(23)11-12-5-3-2-4-6-12/h2-6,9-10,24H,7-8,11H2,1H3,(H,20,23). The fourth-order valence-electron chi connectivity index (χ4n) is 2.37. The number of aliphatic hydroxyl groups is 1. The van der Waals surface area contributed by atoms with E-state index in [0.29, 0.717) is 0 Å². The van der Waals surface area contributed by atoms with Crippen LogP contribution in [0.15, 0.2) is 42.7 Å². The maximum Gasteiger partial charge on any atom is 0.424 e. The Morgan fingerprint density at radius 2 is 1.96 bits per heavy atom. The van der Waals surface area contributed by atoms with Gasteiger partial charge in [-0.2, -0.15) is 13.2 Å². The largest absolute Gasteiger partial charge is 0.424 e. The number of carbonyl (C=O) groups is 1. The van der Waals surface area contributed by atoms with E-state index < -0.39 is 29.9 Å². The number of amides is 1. The quantitative estimate of drug-likeness (QED) is 0.844. The number of alkyl halides is 3. The minimum Gasteiger partial charge on any atom is -0.374 e. The van der Waals surface area contributed by atoms with Crippen LogP contribution in [-0.4, -0.2) is 33.3 Å². The van der Waals surface area contributed by atoms with Crippen molar-refractivity contribution < 1.29 is 23.1 Å². The Bertz CT molecular complexity index is 685. The number of nitrogens with one attached hydrogen (secondary N) is 1. The van der Waals surface area contributed by atoms with Gasteiger partial charge in [0, 0.05) is 32.4 Å². The van der Waals surface area contributed by atoms with Gasteiger partial charge < -0.3 is 15.0 Å². The van der Waals surface area contributed by atoms with Crippen molar-refractivity contribution in [1.82, 2.24) is 14.9 Å². The molecular weight excluding hydrogens is 323 g/mol. The zero-order valence-corrected chi connectivity index (χ0v) is 13.0. The Balaban J connectivity index is 1.99. The fraction of sp³-hybridized carbons (Fsp3) is 0.375. The molecule has 0 fully saturated rings. The molecule has 1 aromatic carbocycles. The molecule has 5 nitrogen and oxygen atoms in total. The molecule has 0 aliphatic rings. The minimum absolute atomic E-state index is 0.0632. The summed E-state index contributed by atoms with van der Waals surface area (Å²) in [5.74, 6) is -0.919. The SMILES string of the molecule is Cn1ccnc1C(O)(CCNC(=O)Cc1ccccc1)C(F)(F)F. The van der Waals surface area contributed by atoms with Gasteiger partial charge >= 0.3 is 6.18 Å². The van der Waals surface area contributed by atoms with Crippen LogP contribution in [0.4, 0.5) is 13.2 Å². The summed E-state index contributed by atoms with van der Waals surface area (Å²) in [5, 5.41) is 12.5. The molecule has 1 heterocycles. The van der Waals surface area contributed by atoms with Gasteiger partial charge in [-0.05, 0) is 5.56 Å². The first kappa shape index (κ1) is 18.0. The van der Waals surface area contributed by atoms with E-state index in [0.717, 1.165) is 10.1 Å². The van der Waals surface area contributed by atoms with Crippen LogP contribution in [0, 0.1) is 0 Å². The minimum atomic E-state index is -4.91. The van der Waals surface area contributed by atoms with Crippen molar-refractivity contribution in [1.29, 1.82) is 0 Å². The summed E-state index contributed by atoms with van der Waals surface area (Å²) >= 11 is 0. The first-order valence-electron chi connectivity index (χ1n) is 7.31. The van der Waals surface area contributed by atoms with Gasteiger partial charge in [0.15, 0.2) is 0 Å². The maximum absolute atomic E-state index is 13.3. The fourth-order valence-corrected chi connectivity index (χ4v) is 2.37. The normalized spacial score (nSPS) is 14.2. The molecule has 2 rings (SSSR count). The third-order valence-electron chi connectivity index (χ3n) is 3.68. The number of carbonyl (C=O) groups excluding carboxylic acids is 1. The second-order valence-corrected chi connectivity index (χ2v) is 5.48. The Kier molecular flexibility index (Phi) is 5.28. The molecule has 0 spiro atoms. The molecule has 0 saturated carbocycles. The van der Waals surface area contributed by atoms with Crippen molar-refractivity contribution in [3.05, 3.63) is 54.1 Å². The highest BCUT2D eigenvalue weighted by Gasteiger charge is 2.57. The summed E-state index contributed by atoms with van der Waals surface area (Å²) in [6, 6.07) is 8.84. The number of aryl methyl sites for hydroxylation is 1. The first-order chi connectivity index (χ1) is 11.2. The zero-order valence-electron chi connectivity index (χ0n) is 13.0. The summed E-state index contributed by atoms with van der Waals surface area (Å²) < 4.78 is 41.0. The van der Waals surface area contributed by atoms with E-state index in [2.05, 4.69) is 10.3 Å². The second kappa shape index (κ2) is 7.04. The van der Waals surface area contributed by atoms with Crippen LogP contribution >= 0.6 is 0 Å². The van der Waals surface area contributed by atoms with Gasteiger partial charge in [-0.15, -0.1) is 0 Å². The van der Waals surface area contributed by atoms with Gasteiger partial charge in [-0.3, -0.25) is 4.79 Å². The van der Waals surface area contributed by atoms with E-state index in [1.54, 1.807) is 30.3 Å². The van der Waals surface area contributed by atoms with Crippen molar-refractivity contribution in [3.8, 4) is 0 Å². The molecule has 130 valence electrons. The molecule has 1 amide bonds. The van der Waals surface area contributed by atoms with Crippen molar-refractivity contribution in [3.63, 3.8) is 0 Å². The highest BCUT2D eigenvalue weighted by Crippen LogP contribution is 2.40. The summed E-state index contributed by atoms with van der Waals surface area (Å²) in [6.45, 7) is -0.325. The summed E-state index contributed by atoms with van der Waals surface area (Å²) in [5.41, 5.74) is -2.36. The predicted molar refractivity (Wildman–Crippen MR) is 80.9 cm³/mol. The van der Waals surface area contributed by atoms with Crippen LogP contribution in [0.25, 0.3) is 0 Å². The van der Waals surface area contributed by atoms with Crippen LogP contribution in [-0.2, 0) is 23.9 Å². The van der Waals surface area contributed by atoms with Gasteiger partial charge in [0.1, 0.15) is 5.82 Å². The number of halogens is 3. The van der Waals surface area contributed by atoms with E-state index >= 15 is 0 Å². The molecule has 0 bridgehead atoms. The van der Waals surface area contributed by atoms with Crippen LogP contribution < -0.4 is 5.32 Å². The number of benzene rings is 1. The molecule has 2 aromatic rings. The Morgan fingerprint density at radius 3 is 2.50 bits per heavy atom. The van der Waals surface area contributed by atoms with E-state index in [1.807, 2.05) is 0 Å². The van der Waals surface area contributed by atoms with Crippen LogP contribution in [0.1, 0.15) is 17.8 Å². The average Bonchev–Trinajstić information content (AvgIpc) is 2.93. The molecule has 1 atom stereocenters. The highest BCUT2D eigenvalue weighted by atomic mass is 19.4. The zero-order chi connectivity index (χ0) is 17.8. The molecule has 0 aliphatic heterocycles. The van der Waals surface area contributed by atoms with Crippen molar-refractivity contribution >= 4 is 5.91 Å². The Labute approximate surface area is 137 Å². The highest BCUT2D eigenvalue weighted by molar-refractivity contribution is 5.78. The van der Waals surface area contributed by atoms with Gasteiger partial charge in [0.05, 0.1) is 6.42 Å². The average molecular weight is 341 g/mol. The van der Waals surface area contributed by atoms with Gasteiger partial charge in [-0.1, -0.05) is 30.3 Å². The lowest BCUT2D eigenvalue weighted by Crippen LogP contribution is -2.46. The lowest BCUT2D eigenvalue weighted by Gasteiger charge is -2.30. The summed E-state index contributed by atoms with van der Waals surface area (Å²) in [6.07, 6.45) is -3.06. The third-order valence-corrected chi connectivity index (χ3v) is 3.68. The lowest BCUT2D eigenvalue weighted by molar-refractivity contribution is -0.272. The molecule has 1 unspecified atom stereocenters. The van der Waals surface area contributed by atoms with E-state index in [9.17, 15) is 23.1 Å². The lowest BCUT2D eigenvalue weighted by atomic mass is 9.97. The molecule has 24 heavy (non-hydrogen) atoms. The van der Waals surface area contributed by atoms with Crippen LogP contribution in [0.2, 0.25) is 0 Å². The van der Waals surface area contributed by atoms with Crippen LogP contribution in [0.3, 0.4) is 0 Å². The van der Waals surface area contributed by atoms with Crippen molar-refractivity contribution in [2.24, 2.45) is 7.05 Å². The van der Waals surface area contributed by atoms with E-state index in [1.165, 1.54) is 19.4 Å². The maximum atomic E-state index is 13.3. The number of imidazole rings is 1. The summed E-state index contributed by atoms with van der Waals surface area (Å²) in [4.78, 5) is 15.4. The van der Waals surface area contributed by atoms with Crippen molar-refractivity contribution in [2.45, 2.75) is 24.6 Å². The van der Waals surface area contributed by atoms with Crippen LogP contribution in [0.5, 0.6) is 0 Å². The van der Waals surface area contributed by atoms with Gasteiger partial charge in [0.25, 0.3) is 0 Å². The molecule has 0 saturated heterocycles. The molecule has 1 aromatic heterocycles. The number of nitrogens with zero attached hydrogens (tertiary/aromatic N) is 2. The number of hydrogen-bond acceptors (Lipinski definition) is 3. The van der Waals surface area contributed by atoms with Crippen molar-refractivity contribution in [2.75, 3.05) is 6.54 Å². The second-order valence-electron chi connectivity index (χ2n) is 5.48. The van der Waals surface area contributed by atoms with Gasteiger partial charge in [-0.25, -0.2) is 4.98 Å². The Hall–Kier alpha value is -2.35. The topological polar surface area (TPSA) is 67.2 Å².